The zero-order chi connectivity index (χ0) is 15.0. The number of benzene rings is 1. The highest BCUT2D eigenvalue weighted by atomic mass is 16.5. The van der Waals surface area contributed by atoms with E-state index in [0.717, 1.165) is 6.42 Å². The molecular formula is C15H19BN2O3. The first-order valence-electron chi connectivity index (χ1n) is 7.26. The lowest BCUT2D eigenvalue weighted by Crippen LogP contribution is -2.57. The van der Waals surface area contributed by atoms with Crippen molar-refractivity contribution in [3.63, 3.8) is 0 Å². The van der Waals surface area contributed by atoms with Crippen molar-refractivity contribution in [2.24, 2.45) is 0 Å². The van der Waals surface area contributed by atoms with Gasteiger partial charge in [0.05, 0.1) is 13.2 Å². The average Bonchev–Trinajstić information content (AvgIpc) is 3.06. The molecule has 0 aliphatic carbocycles. The van der Waals surface area contributed by atoms with Crippen LogP contribution in [0.25, 0.3) is 0 Å². The zero-order valence-electron chi connectivity index (χ0n) is 12.4. The van der Waals surface area contributed by atoms with Gasteiger partial charge >= 0.3 is 5.97 Å². The van der Waals surface area contributed by atoms with Gasteiger partial charge in [0.1, 0.15) is 6.04 Å². The number of esters is 1. The number of methoxy groups -OCH3 is 1. The molecule has 6 heteroatoms. The van der Waals surface area contributed by atoms with Crippen LogP contribution in [0.4, 0.5) is 4.79 Å². The van der Waals surface area contributed by atoms with Gasteiger partial charge in [-0.2, -0.15) is 0 Å². The summed E-state index contributed by atoms with van der Waals surface area (Å²) >= 11 is 0. The van der Waals surface area contributed by atoms with Gasteiger partial charge in [0.25, 0.3) is 0 Å². The fourth-order valence-corrected chi connectivity index (χ4v) is 3.63. The van der Waals surface area contributed by atoms with Crippen LogP contribution in [0.5, 0.6) is 0 Å². The molecule has 0 aromatic heterocycles. The van der Waals surface area contributed by atoms with Crippen LogP contribution in [0.1, 0.15) is 12.0 Å². The first-order valence-corrected chi connectivity index (χ1v) is 7.26. The SMILES string of the molecule is BC(=O)N1CC2CC1[C@H](C(=O)OC)N2Cc1ccccc1. The highest BCUT2D eigenvalue weighted by Gasteiger charge is 2.54. The molecule has 2 bridgehead atoms. The maximum atomic E-state index is 12.2. The van der Waals surface area contributed by atoms with Crippen molar-refractivity contribution < 1.29 is 14.3 Å². The molecular weight excluding hydrogens is 267 g/mol. The van der Waals surface area contributed by atoms with Crippen LogP contribution < -0.4 is 0 Å². The molecule has 2 aliphatic heterocycles. The summed E-state index contributed by atoms with van der Waals surface area (Å²) in [6, 6.07) is 9.93. The van der Waals surface area contributed by atoms with E-state index in [9.17, 15) is 9.59 Å². The number of amides is 1. The van der Waals surface area contributed by atoms with Crippen LogP contribution in [0, 0.1) is 0 Å². The third kappa shape index (κ3) is 2.44. The summed E-state index contributed by atoms with van der Waals surface area (Å²) in [5, 5.41) is 0. The van der Waals surface area contributed by atoms with Crippen molar-refractivity contribution in [2.45, 2.75) is 31.1 Å². The minimum atomic E-state index is -0.349. The molecule has 0 radical (unpaired) electrons. The summed E-state index contributed by atoms with van der Waals surface area (Å²) in [6.07, 6.45) is 0.853. The lowest BCUT2D eigenvalue weighted by molar-refractivity contribution is -0.149. The smallest absolute Gasteiger partial charge is 0.325 e. The molecule has 2 aliphatic rings. The van der Waals surface area contributed by atoms with Gasteiger partial charge in [-0.25, -0.2) is 0 Å². The van der Waals surface area contributed by atoms with Crippen LogP contribution in [0.2, 0.25) is 0 Å². The predicted octanol–water partition coefficient (Wildman–Crippen LogP) is 0.240. The predicted molar refractivity (Wildman–Crippen MR) is 80.6 cm³/mol. The van der Waals surface area contributed by atoms with Gasteiger partial charge in [0.15, 0.2) is 5.81 Å². The van der Waals surface area contributed by atoms with E-state index in [0.29, 0.717) is 13.1 Å². The third-order valence-electron chi connectivity index (χ3n) is 4.57. The molecule has 0 spiro atoms. The Morgan fingerprint density at radius 3 is 2.67 bits per heavy atom. The molecule has 5 nitrogen and oxygen atoms in total. The van der Waals surface area contributed by atoms with E-state index in [1.807, 2.05) is 23.1 Å². The Kier molecular flexibility index (Phi) is 3.72. The quantitative estimate of drug-likeness (QED) is 0.590. The van der Waals surface area contributed by atoms with Gasteiger partial charge < -0.3 is 9.64 Å². The monoisotopic (exact) mass is 286 g/mol. The van der Waals surface area contributed by atoms with Crippen molar-refractivity contribution >= 4 is 19.6 Å². The first-order chi connectivity index (χ1) is 10.1. The average molecular weight is 286 g/mol. The first kappa shape index (κ1) is 14.1. The molecule has 2 heterocycles. The lowest BCUT2D eigenvalue weighted by Gasteiger charge is -2.39. The summed E-state index contributed by atoms with van der Waals surface area (Å²) in [5.74, 6) is -0.208. The van der Waals surface area contributed by atoms with Gasteiger partial charge in [0, 0.05) is 19.1 Å². The number of rotatable bonds is 3. The molecule has 21 heavy (non-hydrogen) atoms. The topological polar surface area (TPSA) is 49.9 Å². The normalized spacial score (nSPS) is 27.9. The van der Waals surface area contributed by atoms with Gasteiger partial charge in [0.2, 0.25) is 7.85 Å². The molecule has 1 amide bonds. The Hall–Kier alpha value is -1.82. The maximum Gasteiger partial charge on any atom is 0.325 e. The number of nitrogens with zero attached hydrogens (tertiary/aromatic N) is 2. The number of likely N-dealkylation sites (tertiary alicyclic amines) is 2. The van der Waals surface area contributed by atoms with E-state index in [4.69, 9.17) is 4.74 Å². The Bertz CT molecular complexity index is 551. The van der Waals surface area contributed by atoms with E-state index in [-0.39, 0.29) is 29.9 Å². The summed E-state index contributed by atoms with van der Waals surface area (Å²) in [6.45, 7) is 1.42. The number of carbonyl (C=O) groups is 2. The Morgan fingerprint density at radius 1 is 1.33 bits per heavy atom. The van der Waals surface area contributed by atoms with Crippen LogP contribution in [-0.4, -0.2) is 61.2 Å². The Labute approximate surface area is 125 Å². The van der Waals surface area contributed by atoms with Crippen LogP contribution in [0.15, 0.2) is 30.3 Å². The highest BCUT2D eigenvalue weighted by molar-refractivity contribution is 6.57. The summed E-state index contributed by atoms with van der Waals surface area (Å²) in [7, 11) is 2.98. The number of hydrogen-bond acceptors (Lipinski definition) is 4. The van der Waals surface area contributed by atoms with E-state index >= 15 is 0 Å². The Balaban J connectivity index is 1.83. The van der Waals surface area contributed by atoms with Crippen LogP contribution >= 0.6 is 0 Å². The van der Waals surface area contributed by atoms with Crippen molar-refractivity contribution in [1.82, 2.24) is 9.80 Å². The lowest BCUT2D eigenvalue weighted by atomic mass is 10.0. The third-order valence-corrected chi connectivity index (χ3v) is 4.57. The zero-order valence-corrected chi connectivity index (χ0v) is 12.4. The van der Waals surface area contributed by atoms with Gasteiger partial charge in [-0.05, 0) is 12.0 Å². The van der Waals surface area contributed by atoms with E-state index in [1.54, 1.807) is 7.85 Å². The number of ether oxygens (including phenoxy) is 1. The molecule has 0 saturated carbocycles. The standard InChI is InChI=1S/C15H19BN2O3/c1-21-14(19)13-12-7-11(9-18(12)15(16)20)17(13)8-10-5-3-2-4-6-10/h2-6,11-13H,7-9,16H2,1H3/t11?,12?,13-/m1/s1. The minimum Gasteiger partial charge on any atom is -0.468 e. The molecule has 2 fully saturated rings. The van der Waals surface area contributed by atoms with Gasteiger partial charge in [-0.1, -0.05) is 30.3 Å². The summed E-state index contributed by atoms with van der Waals surface area (Å²) < 4.78 is 4.96. The van der Waals surface area contributed by atoms with Crippen molar-refractivity contribution in [3.8, 4) is 0 Å². The molecule has 110 valence electrons. The summed E-state index contributed by atoms with van der Waals surface area (Å²) in [5.41, 5.74) is 1.17. The number of piperazine rings is 1. The second-order valence-corrected chi connectivity index (χ2v) is 5.75. The van der Waals surface area contributed by atoms with Crippen molar-refractivity contribution in [3.05, 3.63) is 35.9 Å². The fraction of sp³-hybridized carbons (Fsp3) is 0.467. The van der Waals surface area contributed by atoms with Crippen molar-refractivity contribution in [2.75, 3.05) is 13.7 Å². The molecule has 1 aromatic rings. The number of carbonyl (C=O) groups excluding carboxylic acids is 2. The van der Waals surface area contributed by atoms with Gasteiger partial charge in [-0.15, -0.1) is 0 Å². The number of hydrogen-bond donors (Lipinski definition) is 0. The van der Waals surface area contributed by atoms with Crippen LogP contribution in [-0.2, 0) is 16.1 Å². The number of fused-ring (bicyclic) bond motifs is 2. The molecule has 0 N–H and O–H groups in total. The van der Waals surface area contributed by atoms with E-state index in [1.165, 1.54) is 12.7 Å². The molecule has 2 unspecified atom stereocenters. The van der Waals surface area contributed by atoms with E-state index in [2.05, 4.69) is 17.0 Å². The van der Waals surface area contributed by atoms with Crippen molar-refractivity contribution in [1.29, 1.82) is 0 Å². The van der Waals surface area contributed by atoms with Crippen LogP contribution in [0.3, 0.4) is 0 Å². The second kappa shape index (κ2) is 5.52. The fourth-order valence-electron chi connectivity index (χ4n) is 3.63. The minimum absolute atomic E-state index is 0.0377. The highest BCUT2D eigenvalue weighted by Crippen LogP contribution is 2.37. The Morgan fingerprint density at radius 2 is 2.05 bits per heavy atom. The molecule has 3 atom stereocenters. The molecule has 3 rings (SSSR count). The molecule has 1 aromatic carbocycles. The van der Waals surface area contributed by atoms with Gasteiger partial charge in [-0.3, -0.25) is 14.5 Å². The maximum absolute atomic E-state index is 12.2. The van der Waals surface area contributed by atoms with E-state index < -0.39 is 0 Å². The molecule has 2 saturated heterocycles. The second-order valence-electron chi connectivity index (χ2n) is 5.75. The largest absolute Gasteiger partial charge is 0.468 e. The summed E-state index contributed by atoms with van der Waals surface area (Å²) in [4.78, 5) is 27.9.